The van der Waals surface area contributed by atoms with E-state index >= 15 is 0 Å². The molecule has 1 atom stereocenters. The minimum Gasteiger partial charge on any atom is -0.462 e. The van der Waals surface area contributed by atoms with Crippen LogP contribution >= 0.6 is 0 Å². The van der Waals surface area contributed by atoms with Crippen LogP contribution in [-0.2, 0) is 28.6 Å². The summed E-state index contributed by atoms with van der Waals surface area (Å²) in [5.41, 5.74) is 0. The van der Waals surface area contributed by atoms with Crippen LogP contribution in [0.25, 0.3) is 0 Å². The number of carbonyl (C=O) groups is 3. The Bertz CT molecular complexity index is 1310. The normalized spacial score (nSPS) is 12.1. The van der Waals surface area contributed by atoms with Crippen LogP contribution in [0.1, 0.15) is 419 Å². The molecule has 0 amide bonds. The summed E-state index contributed by atoms with van der Waals surface area (Å²) in [4.78, 5) is 38.5. The lowest BCUT2D eigenvalue weighted by molar-refractivity contribution is -0.167. The molecule has 6 nitrogen and oxygen atoms in total. The summed E-state index contributed by atoms with van der Waals surface area (Å²) in [6.07, 6.45) is 86.4. The third-order valence-electron chi connectivity index (χ3n) is 17.0. The van der Waals surface area contributed by atoms with Crippen LogP contribution in [-0.4, -0.2) is 37.2 Å². The van der Waals surface area contributed by atoms with E-state index in [-0.39, 0.29) is 31.1 Å². The molecular formula is C75H142O6. The van der Waals surface area contributed by atoms with Crippen LogP contribution in [0.15, 0.2) is 24.3 Å². The topological polar surface area (TPSA) is 78.9 Å². The van der Waals surface area contributed by atoms with Gasteiger partial charge in [0.15, 0.2) is 6.10 Å². The van der Waals surface area contributed by atoms with Gasteiger partial charge in [0.25, 0.3) is 0 Å². The molecule has 6 heteroatoms. The van der Waals surface area contributed by atoms with Crippen molar-refractivity contribution in [3.05, 3.63) is 24.3 Å². The molecule has 0 heterocycles. The minimum absolute atomic E-state index is 0.0669. The van der Waals surface area contributed by atoms with E-state index in [2.05, 4.69) is 45.1 Å². The summed E-state index contributed by atoms with van der Waals surface area (Å²) < 4.78 is 17.0. The fraction of sp³-hybridized carbons (Fsp3) is 0.907. The maximum absolute atomic E-state index is 13.0. The molecular weight excluding hydrogens is 997 g/mol. The average molecular weight is 1140 g/mol. The molecule has 0 saturated carbocycles. The van der Waals surface area contributed by atoms with E-state index in [1.54, 1.807) is 0 Å². The first-order valence-corrected chi connectivity index (χ1v) is 36.8. The SMILES string of the molecule is CCCCC/C=C\C/C=C\CCCCCCCCCC(=O)OCC(COC(=O)CCCCCCCCCCCCCCCCCCCCCCCCCCC)OC(=O)CCCCCCCCCCCCCCCCCCCCCCC. The van der Waals surface area contributed by atoms with E-state index in [4.69, 9.17) is 14.2 Å². The van der Waals surface area contributed by atoms with Gasteiger partial charge in [-0.25, -0.2) is 0 Å². The van der Waals surface area contributed by atoms with Gasteiger partial charge < -0.3 is 14.2 Å². The highest BCUT2D eigenvalue weighted by Crippen LogP contribution is 2.19. The maximum atomic E-state index is 13.0. The lowest BCUT2D eigenvalue weighted by Gasteiger charge is -2.18. The van der Waals surface area contributed by atoms with Crippen molar-refractivity contribution < 1.29 is 28.6 Å². The second-order valence-corrected chi connectivity index (χ2v) is 25.2. The molecule has 81 heavy (non-hydrogen) atoms. The molecule has 0 aromatic carbocycles. The number of hydrogen-bond donors (Lipinski definition) is 0. The summed E-state index contributed by atoms with van der Waals surface area (Å²) >= 11 is 0. The van der Waals surface area contributed by atoms with Crippen molar-refractivity contribution in [2.45, 2.75) is 425 Å². The Labute approximate surface area is 506 Å². The molecule has 0 aromatic rings. The predicted molar refractivity (Wildman–Crippen MR) is 353 cm³/mol. The quantitative estimate of drug-likeness (QED) is 0.0261. The van der Waals surface area contributed by atoms with E-state index < -0.39 is 6.10 Å². The lowest BCUT2D eigenvalue weighted by atomic mass is 10.0. The van der Waals surface area contributed by atoms with Gasteiger partial charge in [-0.15, -0.1) is 0 Å². The molecule has 0 spiro atoms. The highest BCUT2D eigenvalue weighted by molar-refractivity contribution is 5.71. The molecule has 0 fully saturated rings. The first kappa shape index (κ1) is 78.9. The fourth-order valence-electron chi connectivity index (χ4n) is 11.4. The molecule has 0 rings (SSSR count). The Balaban J connectivity index is 4.26. The standard InChI is InChI=1S/C75H142O6/c1-4-7-10-13-16-19-22-25-28-31-33-35-36-37-38-40-41-44-47-50-53-56-59-62-65-68-74(77)80-71-72(70-79-73(76)67-64-61-58-55-52-49-46-43-30-27-24-21-18-15-12-9-6-3)81-75(78)69-66-63-60-57-54-51-48-45-42-39-34-32-29-26-23-20-17-14-11-8-5-2/h18,21,27,30,72H,4-17,19-20,22-26,28-29,31-71H2,1-3H3/b21-18-,30-27-. The fourth-order valence-corrected chi connectivity index (χ4v) is 11.4. The number of unbranched alkanes of at least 4 members (excludes halogenated alkanes) is 54. The van der Waals surface area contributed by atoms with Gasteiger partial charge in [-0.05, 0) is 51.4 Å². The first-order chi connectivity index (χ1) is 40.0. The number of rotatable bonds is 69. The first-order valence-electron chi connectivity index (χ1n) is 36.8. The van der Waals surface area contributed by atoms with Crippen molar-refractivity contribution in [1.82, 2.24) is 0 Å². The average Bonchev–Trinajstić information content (AvgIpc) is 3.47. The lowest BCUT2D eigenvalue weighted by Crippen LogP contribution is -2.30. The molecule has 0 bridgehead atoms. The van der Waals surface area contributed by atoms with Gasteiger partial charge in [0.1, 0.15) is 13.2 Å². The van der Waals surface area contributed by atoms with Gasteiger partial charge in [-0.1, -0.05) is 373 Å². The smallest absolute Gasteiger partial charge is 0.306 e. The predicted octanol–water partition coefficient (Wildman–Crippen LogP) is 25.3. The summed E-state index contributed by atoms with van der Waals surface area (Å²) in [5, 5.41) is 0. The van der Waals surface area contributed by atoms with Gasteiger partial charge >= 0.3 is 17.9 Å². The van der Waals surface area contributed by atoms with Gasteiger partial charge in [-0.2, -0.15) is 0 Å². The maximum Gasteiger partial charge on any atom is 0.306 e. The van der Waals surface area contributed by atoms with Gasteiger partial charge in [0, 0.05) is 19.3 Å². The molecule has 0 N–H and O–H groups in total. The molecule has 0 radical (unpaired) electrons. The zero-order chi connectivity index (χ0) is 58.5. The Hall–Kier alpha value is -2.11. The summed E-state index contributed by atoms with van der Waals surface area (Å²) in [6.45, 7) is 6.71. The summed E-state index contributed by atoms with van der Waals surface area (Å²) in [7, 11) is 0. The summed E-state index contributed by atoms with van der Waals surface area (Å²) in [5.74, 6) is -0.839. The van der Waals surface area contributed by atoms with E-state index in [9.17, 15) is 14.4 Å². The van der Waals surface area contributed by atoms with Crippen molar-refractivity contribution in [2.75, 3.05) is 13.2 Å². The Morgan fingerprint density at radius 2 is 0.444 bits per heavy atom. The van der Waals surface area contributed by atoms with Crippen molar-refractivity contribution >= 4 is 17.9 Å². The van der Waals surface area contributed by atoms with Crippen molar-refractivity contribution in [3.8, 4) is 0 Å². The minimum atomic E-state index is -0.772. The molecule has 0 aliphatic carbocycles. The third kappa shape index (κ3) is 68.6. The number of allylic oxidation sites excluding steroid dienone is 4. The molecule has 0 aliphatic rings. The highest BCUT2D eigenvalue weighted by Gasteiger charge is 2.20. The monoisotopic (exact) mass is 1140 g/mol. The summed E-state index contributed by atoms with van der Waals surface area (Å²) in [6, 6.07) is 0. The Morgan fingerprint density at radius 3 is 0.704 bits per heavy atom. The van der Waals surface area contributed by atoms with Gasteiger partial charge in [0.05, 0.1) is 0 Å². The third-order valence-corrected chi connectivity index (χ3v) is 17.0. The van der Waals surface area contributed by atoms with E-state index in [0.29, 0.717) is 19.3 Å². The van der Waals surface area contributed by atoms with Crippen molar-refractivity contribution in [3.63, 3.8) is 0 Å². The molecule has 0 saturated heterocycles. The van der Waals surface area contributed by atoms with E-state index in [1.807, 2.05) is 0 Å². The number of carbonyl (C=O) groups excluding carboxylic acids is 3. The zero-order valence-corrected chi connectivity index (χ0v) is 55.1. The van der Waals surface area contributed by atoms with Crippen LogP contribution in [0.3, 0.4) is 0 Å². The second kappa shape index (κ2) is 70.4. The largest absolute Gasteiger partial charge is 0.462 e. The second-order valence-electron chi connectivity index (χ2n) is 25.2. The van der Waals surface area contributed by atoms with Crippen LogP contribution in [0.5, 0.6) is 0 Å². The number of hydrogen-bond acceptors (Lipinski definition) is 6. The van der Waals surface area contributed by atoms with Gasteiger partial charge in [-0.3, -0.25) is 14.4 Å². The van der Waals surface area contributed by atoms with Crippen LogP contribution in [0.4, 0.5) is 0 Å². The van der Waals surface area contributed by atoms with Crippen LogP contribution in [0.2, 0.25) is 0 Å². The van der Waals surface area contributed by atoms with Crippen LogP contribution in [0, 0.1) is 0 Å². The zero-order valence-electron chi connectivity index (χ0n) is 55.1. The van der Waals surface area contributed by atoms with Crippen molar-refractivity contribution in [1.29, 1.82) is 0 Å². The van der Waals surface area contributed by atoms with E-state index in [0.717, 1.165) is 70.6 Å². The molecule has 0 aliphatic heterocycles. The van der Waals surface area contributed by atoms with Crippen molar-refractivity contribution in [2.24, 2.45) is 0 Å². The molecule has 1 unspecified atom stereocenters. The highest BCUT2D eigenvalue weighted by atomic mass is 16.6. The Kier molecular flexibility index (Phi) is 68.5. The molecule has 478 valence electrons. The van der Waals surface area contributed by atoms with Gasteiger partial charge in [0.2, 0.25) is 0 Å². The molecule has 0 aromatic heterocycles. The van der Waals surface area contributed by atoms with E-state index in [1.165, 1.54) is 308 Å². The number of esters is 3. The Morgan fingerprint density at radius 1 is 0.247 bits per heavy atom. The number of ether oxygens (including phenoxy) is 3. The van der Waals surface area contributed by atoms with Crippen LogP contribution < -0.4 is 0 Å².